The molecule has 100 valence electrons. The number of thioether (sulfide) groups is 1. The van der Waals surface area contributed by atoms with Crippen molar-refractivity contribution in [3.05, 3.63) is 35.9 Å². The van der Waals surface area contributed by atoms with E-state index >= 15 is 0 Å². The van der Waals surface area contributed by atoms with E-state index in [2.05, 4.69) is 5.43 Å². The molecule has 1 N–H and O–H groups in total. The molecule has 1 aliphatic rings. The highest BCUT2D eigenvalue weighted by Gasteiger charge is 2.37. The Morgan fingerprint density at radius 3 is 2.63 bits per heavy atom. The third kappa shape index (κ3) is 3.35. The Morgan fingerprint density at radius 1 is 1.37 bits per heavy atom. The van der Waals surface area contributed by atoms with Gasteiger partial charge >= 0.3 is 0 Å². The van der Waals surface area contributed by atoms with Gasteiger partial charge in [0.05, 0.1) is 12.2 Å². The maximum atomic E-state index is 11.9. The molecule has 1 aromatic carbocycles. The van der Waals surface area contributed by atoms with Crippen LogP contribution in [0.25, 0.3) is 0 Å². The molecule has 5 nitrogen and oxygen atoms in total. The van der Waals surface area contributed by atoms with Crippen LogP contribution in [0.1, 0.15) is 23.7 Å². The number of Topliss-reactive ketones (excluding diaryl/α,β-unsaturated/α-hetero) is 1. The van der Waals surface area contributed by atoms with Gasteiger partial charge in [0.2, 0.25) is 11.8 Å². The third-order valence-corrected chi connectivity index (χ3v) is 3.88. The molecule has 2 rings (SSSR count). The number of nitrogens with one attached hydrogen (secondary N) is 1. The molecule has 0 aliphatic carbocycles. The molecule has 1 saturated heterocycles. The summed E-state index contributed by atoms with van der Waals surface area (Å²) in [5, 5.41) is 1.13. The third-order valence-electron chi connectivity index (χ3n) is 2.69. The van der Waals surface area contributed by atoms with Gasteiger partial charge in [-0.25, -0.2) is 5.01 Å². The number of rotatable bonds is 5. The summed E-state index contributed by atoms with van der Waals surface area (Å²) in [6.07, 6.45) is 0.354. The van der Waals surface area contributed by atoms with Crippen molar-refractivity contribution in [2.75, 3.05) is 5.75 Å². The minimum absolute atomic E-state index is 0.0210. The standard InChI is InChI=1S/C13H14N2O3S/c1-9(16)14-15-12(18)7-13(15)19-8-11(17)10-5-3-2-4-6-10/h2-6,13H,7-8H2,1H3,(H,14,16)/t13-/m1/s1. The molecule has 0 bridgehead atoms. The summed E-state index contributed by atoms with van der Waals surface area (Å²) in [5.41, 5.74) is 3.11. The molecule has 6 heteroatoms. The molecule has 1 aromatic rings. The summed E-state index contributed by atoms with van der Waals surface area (Å²) in [6, 6.07) is 9.01. The number of carbonyl (C=O) groups excluding carboxylic acids is 3. The smallest absolute Gasteiger partial charge is 0.245 e. The number of carbonyl (C=O) groups is 3. The van der Waals surface area contributed by atoms with Crippen LogP contribution in [0.2, 0.25) is 0 Å². The predicted octanol–water partition coefficient (Wildman–Crippen LogP) is 1.21. The lowest BCUT2D eigenvalue weighted by Crippen LogP contribution is -2.59. The second-order valence-electron chi connectivity index (χ2n) is 4.19. The van der Waals surface area contributed by atoms with Gasteiger partial charge in [0, 0.05) is 12.5 Å². The Labute approximate surface area is 115 Å². The average Bonchev–Trinajstić information content (AvgIpc) is 2.41. The van der Waals surface area contributed by atoms with Crippen molar-refractivity contribution in [2.45, 2.75) is 18.7 Å². The number of ketones is 1. The minimum Gasteiger partial charge on any atom is -0.293 e. The lowest BCUT2D eigenvalue weighted by molar-refractivity contribution is -0.151. The van der Waals surface area contributed by atoms with Crippen LogP contribution in [0.3, 0.4) is 0 Å². The predicted molar refractivity (Wildman–Crippen MR) is 72.3 cm³/mol. The molecule has 1 atom stereocenters. The van der Waals surface area contributed by atoms with Gasteiger partial charge in [0.15, 0.2) is 5.78 Å². The molecule has 0 unspecified atom stereocenters. The number of amides is 2. The van der Waals surface area contributed by atoms with Crippen molar-refractivity contribution in [3.8, 4) is 0 Å². The van der Waals surface area contributed by atoms with E-state index in [0.29, 0.717) is 12.0 Å². The number of benzene rings is 1. The normalized spacial score (nSPS) is 17.8. The summed E-state index contributed by atoms with van der Waals surface area (Å²) in [6.45, 7) is 1.35. The molecule has 0 aromatic heterocycles. The van der Waals surface area contributed by atoms with Crippen LogP contribution in [0.15, 0.2) is 30.3 Å². The van der Waals surface area contributed by atoms with Crippen LogP contribution in [-0.4, -0.2) is 33.7 Å². The van der Waals surface area contributed by atoms with Gasteiger partial charge < -0.3 is 0 Å². The Kier molecular flexibility index (Phi) is 4.21. The monoisotopic (exact) mass is 278 g/mol. The van der Waals surface area contributed by atoms with E-state index in [-0.39, 0.29) is 28.7 Å². The first kappa shape index (κ1) is 13.6. The van der Waals surface area contributed by atoms with Gasteiger partial charge in [-0.05, 0) is 0 Å². The fourth-order valence-corrected chi connectivity index (χ4v) is 2.79. The van der Waals surface area contributed by atoms with Crippen molar-refractivity contribution in [1.82, 2.24) is 10.4 Å². The van der Waals surface area contributed by atoms with Crippen LogP contribution in [-0.2, 0) is 9.59 Å². The fourth-order valence-electron chi connectivity index (χ4n) is 1.70. The first-order valence-electron chi connectivity index (χ1n) is 5.87. The van der Waals surface area contributed by atoms with E-state index in [1.165, 1.54) is 23.7 Å². The molecule has 1 fully saturated rings. The largest absolute Gasteiger partial charge is 0.293 e. The number of β-lactam (4-membered cyclic amide) rings is 1. The van der Waals surface area contributed by atoms with Crippen LogP contribution in [0.4, 0.5) is 0 Å². The Morgan fingerprint density at radius 2 is 2.05 bits per heavy atom. The van der Waals surface area contributed by atoms with Gasteiger partial charge in [-0.1, -0.05) is 30.3 Å². The van der Waals surface area contributed by atoms with E-state index in [1.807, 2.05) is 18.2 Å². The molecule has 0 saturated carbocycles. The van der Waals surface area contributed by atoms with E-state index < -0.39 is 0 Å². The zero-order valence-corrected chi connectivity index (χ0v) is 11.3. The van der Waals surface area contributed by atoms with Crippen molar-refractivity contribution < 1.29 is 14.4 Å². The second-order valence-corrected chi connectivity index (χ2v) is 5.36. The molecular formula is C13H14N2O3S. The maximum absolute atomic E-state index is 11.9. The summed E-state index contributed by atoms with van der Waals surface area (Å²) in [5.74, 6) is -0.0986. The van der Waals surface area contributed by atoms with Crippen molar-refractivity contribution in [3.63, 3.8) is 0 Å². The van der Waals surface area contributed by atoms with Crippen LogP contribution < -0.4 is 5.43 Å². The molecule has 0 radical (unpaired) electrons. The van der Waals surface area contributed by atoms with Gasteiger partial charge in [-0.3, -0.25) is 19.8 Å². The Hall–Kier alpha value is -1.82. The van der Waals surface area contributed by atoms with Crippen molar-refractivity contribution >= 4 is 29.4 Å². The number of hydrogen-bond donors (Lipinski definition) is 1. The molecule has 1 aliphatic heterocycles. The summed E-state index contributed by atoms with van der Waals surface area (Å²) in [7, 11) is 0. The summed E-state index contributed by atoms with van der Waals surface area (Å²) >= 11 is 1.36. The summed E-state index contributed by atoms with van der Waals surface area (Å²) < 4.78 is 0. The van der Waals surface area contributed by atoms with Gasteiger partial charge in [0.1, 0.15) is 5.37 Å². The van der Waals surface area contributed by atoms with Crippen LogP contribution in [0, 0.1) is 0 Å². The number of hydrazine groups is 1. The lowest BCUT2D eigenvalue weighted by Gasteiger charge is -2.38. The van der Waals surface area contributed by atoms with E-state index in [9.17, 15) is 14.4 Å². The van der Waals surface area contributed by atoms with Gasteiger partial charge in [-0.2, -0.15) is 0 Å². The SMILES string of the molecule is CC(=O)NN1C(=O)C[C@H]1SCC(=O)c1ccccc1. The van der Waals surface area contributed by atoms with Crippen LogP contribution in [0.5, 0.6) is 0 Å². The van der Waals surface area contributed by atoms with E-state index in [1.54, 1.807) is 12.1 Å². The quantitative estimate of drug-likeness (QED) is 0.649. The van der Waals surface area contributed by atoms with Crippen molar-refractivity contribution in [1.29, 1.82) is 0 Å². The maximum Gasteiger partial charge on any atom is 0.245 e. The zero-order valence-electron chi connectivity index (χ0n) is 10.5. The molecule has 1 heterocycles. The van der Waals surface area contributed by atoms with Crippen molar-refractivity contribution in [2.24, 2.45) is 0 Å². The van der Waals surface area contributed by atoms with Gasteiger partial charge in [-0.15, -0.1) is 11.8 Å². The number of hydrogen-bond acceptors (Lipinski definition) is 4. The molecular weight excluding hydrogens is 264 g/mol. The minimum atomic E-state index is -0.284. The molecule has 19 heavy (non-hydrogen) atoms. The Bertz CT molecular complexity index is 504. The highest BCUT2D eigenvalue weighted by molar-refractivity contribution is 8.00. The second kappa shape index (κ2) is 5.88. The summed E-state index contributed by atoms with van der Waals surface area (Å²) in [4.78, 5) is 34.1. The molecule has 0 spiro atoms. The zero-order chi connectivity index (χ0) is 13.8. The number of nitrogens with zero attached hydrogens (tertiary/aromatic N) is 1. The topological polar surface area (TPSA) is 66.5 Å². The highest BCUT2D eigenvalue weighted by atomic mass is 32.2. The molecule has 2 amide bonds. The van der Waals surface area contributed by atoms with E-state index in [4.69, 9.17) is 0 Å². The fraction of sp³-hybridized carbons (Fsp3) is 0.308. The highest BCUT2D eigenvalue weighted by Crippen LogP contribution is 2.28. The Balaban J connectivity index is 1.84. The van der Waals surface area contributed by atoms with Crippen LogP contribution >= 0.6 is 11.8 Å². The first-order chi connectivity index (χ1) is 9.08. The lowest BCUT2D eigenvalue weighted by atomic mass is 10.2. The first-order valence-corrected chi connectivity index (χ1v) is 6.92. The van der Waals surface area contributed by atoms with E-state index in [0.717, 1.165) is 0 Å². The average molecular weight is 278 g/mol. The van der Waals surface area contributed by atoms with Gasteiger partial charge in [0.25, 0.3) is 0 Å².